The third-order valence-electron chi connectivity index (χ3n) is 4.74. The van der Waals surface area contributed by atoms with Gasteiger partial charge in [0.1, 0.15) is 23.9 Å². The Balaban J connectivity index is 2.07. The van der Waals surface area contributed by atoms with Crippen LogP contribution in [-0.4, -0.2) is 48.6 Å². The van der Waals surface area contributed by atoms with Crippen LogP contribution < -0.4 is 4.74 Å². The van der Waals surface area contributed by atoms with Crippen molar-refractivity contribution in [3.63, 3.8) is 0 Å². The van der Waals surface area contributed by atoms with Gasteiger partial charge in [0.15, 0.2) is 0 Å². The topological polar surface area (TPSA) is 76.1 Å². The summed E-state index contributed by atoms with van der Waals surface area (Å²) in [5, 5.41) is 10.9. The number of hydrogen-bond acceptors (Lipinski definition) is 5. The standard InChI is InChI=1S/C23H22FNO5/c1-3-12-30-18-9-7-15(8-10-18)21(26)19-20(16-5-4-6-17(24)14-16)25(11-13-29-2)23(28)22(19)27/h3-10,14,20,26H,1,11-13H2,2H3/t20-/m0/s1. The molecule has 2 aromatic rings. The molecule has 7 heteroatoms. The number of Topliss-reactive ketones (excluding diaryl/α,β-unsaturated/α-hetero) is 1. The van der Waals surface area contributed by atoms with Crippen molar-refractivity contribution in [1.29, 1.82) is 0 Å². The van der Waals surface area contributed by atoms with Gasteiger partial charge in [0.2, 0.25) is 0 Å². The van der Waals surface area contributed by atoms with E-state index in [2.05, 4.69) is 6.58 Å². The van der Waals surface area contributed by atoms with Gasteiger partial charge in [-0.15, -0.1) is 0 Å². The molecule has 3 rings (SSSR count). The number of amides is 1. The lowest BCUT2D eigenvalue weighted by atomic mass is 9.95. The number of carbonyl (C=O) groups is 2. The van der Waals surface area contributed by atoms with Gasteiger partial charge in [-0.25, -0.2) is 4.39 Å². The fourth-order valence-electron chi connectivity index (χ4n) is 3.34. The Labute approximate surface area is 173 Å². The molecule has 0 spiro atoms. The van der Waals surface area contributed by atoms with Crippen LogP contribution in [0.4, 0.5) is 4.39 Å². The highest BCUT2D eigenvalue weighted by Crippen LogP contribution is 2.39. The van der Waals surface area contributed by atoms with E-state index in [1.54, 1.807) is 36.4 Å². The highest BCUT2D eigenvalue weighted by atomic mass is 19.1. The Hall–Kier alpha value is -3.45. The first kappa shape index (κ1) is 21.3. The highest BCUT2D eigenvalue weighted by molar-refractivity contribution is 6.46. The summed E-state index contributed by atoms with van der Waals surface area (Å²) in [6, 6.07) is 11.1. The first-order chi connectivity index (χ1) is 14.5. The van der Waals surface area contributed by atoms with Gasteiger partial charge in [0.25, 0.3) is 11.7 Å². The second-order valence-electron chi connectivity index (χ2n) is 6.66. The maximum Gasteiger partial charge on any atom is 0.295 e. The molecule has 0 bridgehead atoms. The number of aliphatic hydroxyl groups is 1. The molecule has 0 unspecified atom stereocenters. The van der Waals surface area contributed by atoms with E-state index in [9.17, 15) is 19.1 Å². The normalized spacial score (nSPS) is 17.9. The van der Waals surface area contributed by atoms with E-state index in [0.29, 0.717) is 23.5 Å². The smallest absolute Gasteiger partial charge is 0.295 e. The molecule has 1 aliphatic rings. The number of halogens is 1. The van der Waals surface area contributed by atoms with Gasteiger partial charge in [-0.2, -0.15) is 0 Å². The summed E-state index contributed by atoms with van der Waals surface area (Å²) >= 11 is 0. The van der Waals surface area contributed by atoms with Gasteiger partial charge >= 0.3 is 0 Å². The molecular formula is C23H22FNO5. The van der Waals surface area contributed by atoms with Crippen molar-refractivity contribution in [3.8, 4) is 5.75 Å². The monoisotopic (exact) mass is 411 g/mol. The van der Waals surface area contributed by atoms with Crippen LogP contribution in [0.5, 0.6) is 5.75 Å². The number of benzene rings is 2. The fourth-order valence-corrected chi connectivity index (χ4v) is 3.34. The fraction of sp³-hybridized carbons (Fsp3) is 0.217. The number of ether oxygens (including phenoxy) is 2. The van der Waals surface area contributed by atoms with E-state index in [1.165, 1.54) is 30.2 Å². The Kier molecular flexibility index (Phi) is 6.64. The molecule has 0 aliphatic carbocycles. The Morgan fingerprint density at radius 3 is 2.60 bits per heavy atom. The largest absolute Gasteiger partial charge is 0.507 e. The van der Waals surface area contributed by atoms with Crippen molar-refractivity contribution in [1.82, 2.24) is 4.90 Å². The molecule has 0 aromatic heterocycles. The molecule has 0 saturated carbocycles. The van der Waals surface area contributed by atoms with E-state index >= 15 is 0 Å². The van der Waals surface area contributed by atoms with Gasteiger partial charge in [0, 0.05) is 19.2 Å². The minimum absolute atomic E-state index is 0.0959. The lowest BCUT2D eigenvalue weighted by Gasteiger charge is -2.25. The Morgan fingerprint density at radius 2 is 1.97 bits per heavy atom. The SMILES string of the molecule is C=CCOc1ccc(C(O)=C2C(=O)C(=O)N(CCOC)[C@H]2c2cccc(F)c2)cc1. The summed E-state index contributed by atoms with van der Waals surface area (Å²) in [5.41, 5.74) is 0.631. The zero-order chi connectivity index (χ0) is 21.7. The van der Waals surface area contributed by atoms with Gasteiger partial charge in [-0.05, 0) is 42.0 Å². The number of nitrogens with zero attached hydrogens (tertiary/aromatic N) is 1. The van der Waals surface area contributed by atoms with E-state index in [1.807, 2.05) is 0 Å². The van der Waals surface area contributed by atoms with Crippen LogP contribution in [-0.2, 0) is 14.3 Å². The first-order valence-corrected chi connectivity index (χ1v) is 9.35. The van der Waals surface area contributed by atoms with Crippen LogP contribution in [0.2, 0.25) is 0 Å². The van der Waals surface area contributed by atoms with Crippen molar-refractivity contribution in [2.45, 2.75) is 6.04 Å². The minimum atomic E-state index is -0.924. The van der Waals surface area contributed by atoms with Crippen LogP contribution in [0, 0.1) is 5.82 Å². The molecule has 1 N–H and O–H groups in total. The summed E-state index contributed by atoms with van der Waals surface area (Å²) in [5.74, 6) is -1.88. The molecule has 156 valence electrons. The van der Waals surface area contributed by atoms with Crippen molar-refractivity contribution in [3.05, 3.63) is 83.7 Å². The summed E-state index contributed by atoms with van der Waals surface area (Å²) in [6.07, 6.45) is 1.61. The number of ketones is 1. The lowest BCUT2D eigenvalue weighted by molar-refractivity contribution is -0.140. The van der Waals surface area contributed by atoms with Gasteiger partial charge in [-0.1, -0.05) is 24.8 Å². The zero-order valence-electron chi connectivity index (χ0n) is 16.5. The predicted molar refractivity (Wildman–Crippen MR) is 109 cm³/mol. The van der Waals surface area contributed by atoms with Gasteiger partial charge in [-0.3, -0.25) is 9.59 Å². The number of likely N-dealkylation sites (tertiary alicyclic amines) is 1. The predicted octanol–water partition coefficient (Wildman–Crippen LogP) is 3.46. The Morgan fingerprint density at radius 1 is 1.23 bits per heavy atom. The molecule has 0 radical (unpaired) electrons. The Bertz CT molecular complexity index is 983. The quantitative estimate of drug-likeness (QED) is 0.312. The van der Waals surface area contributed by atoms with Crippen molar-refractivity contribution in [2.24, 2.45) is 0 Å². The van der Waals surface area contributed by atoms with Crippen LogP contribution in [0.25, 0.3) is 5.76 Å². The summed E-state index contributed by atoms with van der Waals surface area (Å²) in [4.78, 5) is 26.7. The van der Waals surface area contributed by atoms with Gasteiger partial charge < -0.3 is 19.5 Å². The lowest BCUT2D eigenvalue weighted by Crippen LogP contribution is -2.32. The average Bonchev–Trinajstić information content (AvgIpc) is 3.01. The van der Waals surface area contributed by atoms with E-state index in [4.69, 9.17) is 9.47 Å². The number of rotatable bonds is 8. The number of carbonyl (C=O) groups excluding carboxylic acids is 2. The summed E-state index contributed by atoms with van der Waals surface area (Å²) < 4.78 is 24.3. The molecule has 1 saturated heterocycles. The molecule has 1 aliphatic heterocycles. The maximum absolute atomic E-state index is 13.9. The van der Waals surface area contributed by atoms with Gasteiger partial charge in [0.05, 0.1) is 18.2 Å². The van der Waals surface area contributed by atoms with E-state index < -0.39 is 23.5 Å². The molecule has 30 heavy (non-hydrogen) atoms. The number of hydrogen-bond donors (Lipinski definition) is 1. The summed E-state index contributed by atoms with van der Waals surface area (Å²) in [7, 11) is 1.48. The number of methoxy groups -OCH3 is 1. The maximum atomic E-state index is 13.9. The van der Waals surface area contributed by atoms with E-state index in [0.717, 1.165) is 0 Å². The van der Waals surface area contributed by atoms with Crippen molar-refractivity contribution in [2.75, 3.05) is 26.9 Å². The van der Waals surface area contributed by atoms with Crippen LogP contribution in [0.3, 0.4) is 0 Å². The highest BCUT2D eigenvalue weighted by Gasteiger charge is 2.45. The third kappa shape index (κ3) is 4.26. The summed E-state index contributed by atoms with van der Waals surface area (Å²) in [6.45, 7) is 4.21. The first-order valence-electron chi connectivity index (χ1n) is 9.35. The van der Waals surface area contributed by atoms with E-state index in [-0.39, 0.29) is 24.5 Å². The van der Waals surface area contributed by atoms with Crippen LogP contribution in [0.1, 0.15) is 17.2 Å². The van der Waals surface area contributed by atoms with Crippen molar-refractivity contribution >= 4 is 17.4 Å². The molecule has 6 nitrogen and oxygen atoms in total. The zero-order valence-corrected chi connectivity index (χ0v) is 16.5. The second-order valence-corrected chi connectivity index (χ2v) is 6.66. The third-order valence-corrected chi connectivity index (χ3v) is 4.74. The molecule has 1 amide bonds. The molecule has 1 atom stereocenters. The molecule has 2 aromatic carbocycles. The minimum Gasteiger partial charge on any atom is -0.507 e. The van der Waals surface area contributed by atoms with Crippen LogP contribution >= 0.6 is 0 Å². The van der Waals surface area contributed by atoms with Crippen molar-refractivity contribution < 1.29 is 28.6 Å². The second kappa shape index (κ2) is 9.37. The molecule has 1 fully saturated rings. The average molecular weight is 411 g/mol. The molecule has 1 heterocycles. The van der Waals surface area contributed by atoms with Crippen LogP contribution in [0.15, 0.2) is 66.8 Å². The number of aliphatic hydroxyl groups excluding tert-OH is 1. The molecular weight excluding hydrogens is 389 g/mol.